The molecule has 15 rings (SSSR count). The Morgan fingerprint density at radius 1 is 0.357 bits per heavy atom. The van der Waals surface area contributed by atoms with Crippen LogP contribution in [0, 0.1) is 34.6 Å². The third kappa shape index (κ3) is 5.30. The third-order valence-electron chi connectivity index (χ3n) is 16.3. The van der Waals surface area contributed by atoms with Gasteiger partial charge in [-0.15, -0.1) is 0 Å². The number of hydrogen-bond acceptors (Lipinski definition) is 0. The highest BCUT2D eigenvalue weighted by Crippen LogP contribution is 2.50. The lowest BCUT2D eigenvalue weighted by atomic mass is 9.45. The Labute approximate surface area is 408 Å². The van der Waals surface area contributed by atoms with Crippen LogP contribution in [0.3, 0.4) is 0 Å². The number of nitrogens with zero attached hydrogens (tertiary/aromatic N) is 2. The fourth-order valence-electron chi connectivity index (χ4n) is 13.4. The van der Waals surface area contributed by atoms with E-state index in [0.717, 1.165) is 0 Å². The fourth-order valence-corrected chi connectivity index (χ4v) is 13.4. The molecule has 0 radical (unpaired) electrons. The molecular weight excluding hydrogens is 844 g/mol. The molecule has 0 N–H and O–H groups in total. The molecule has 0 bridgehead atoms. The topological polar surface area (TPSA) is 9.86 Å². The minimum atomic E-state index is -0.0573. The molecule has 0 saturated carbocycles. The molecule has 2 aliphatic rings. The van der Waals surface area contributed by atoms with E-state index in [1.54, 1.807) is 0 Å². The molecule has 0 unspecified atom stereocenters. The van der Waals surface area contributed by atoms with Gasteiger partial charge in [0.2, 0.25) is 0 Å². The lowest BCUT2D eigenvalue weighted by Crippen LogP contribution is -2.55. The summed E-state index contributed by atoms with van der Waals surface area (Å²) in [6.07, 6.45) is 0. The molecule has 11 aromatic carbocycles. The number of aromatic nitrogens is 2. The van der Waals surface area contributed by atoms with Gasteiger partial charge in [0.1, 0.15) is 0 Å². The molecular formula is C67H47BN2. The summed E-state index contributed by atoms with van der Waals surface area (Å²) in [5.74, 6) is 0. The molecule has 2 nitrogen and oxygen atoms in total. The van der Waals surface area contributed by atoms with Crippen molar-refractivity contribution in [3.05, 3.63) is 222 Å². The second kappa shape index (κ2) is 14.3. The van der Waals surface area contributed by atoms with Gasteiger partial charge in [0, 0.05) is 43.8 Å². The largest absolute Gasteiger partial charge is 0.375 e. The van der Waals surface area contributed by atoms with E-state index < -0.39 is 0 Å². The smallest absolute Gasteiger partial charge is 0.333 e. The zero-order valence-electron chi connectivity index (χ0n) is 39.9. The van der Waals surface area contributed by atoms with Gasteiger partial charge in [-0.25, -0.2) is 0 Å². The summed E-state index contributed by atoms with van der Waals surface area (Å²) in [6.45, 7) is 11.4. The number of hydrogen-bond donors (Lipinski definition) is 0. The quantitative estimate of drug-likeness (QED) is 0.120. The van der Waals surface area contributed by atoms with E-state index in [1.807, 2.05) is 0 Å². The van der Waals surface area contributed by atoms with Crippen molar-refractivity contribution >= 4 is 72.2 Å². The van der Waals surface area contributed by atoms with E-state index in [2.05, 4.69) is 238 Å². The maximum Gasteiger partial charge on any atom is 0.333 e. The normalized spacial score (nSPS) is 12.6. The molecule has 3 heteroatoms. The monoisotopic (exact) mass is 890 g/mol. The van der Waals surface area contributed by atoms with Crippen LogP contribution in [-0.2, 0) is 0 Å². The van der Waals surface area contributed by atoms with E-state index >= 15 is 0 Å². The Morgan fingerprint density at radius 2 is 0.943 bits per heavy atom. The minimum Gasteiger partial charge on any atom is -0.375 e. The van der Waals surface area contributed by atoms with Crippen LogP contribution in [0.5, 0.6) is 0 Å². The number of benzene rings is 11. The van der Waals surface area contributed by atoms with Crippen LogP contribution >= 0.6 is 0 Å². The maximum atomic E-state index is 2.75. The van der Waals surface area contributed by atoms with Gasteiger partial charge in [-0.2, -0.15) is 0 Å². The predicted octanol–water partition coefficient (Wildman–Crippen LogP) is 16.3. The van der Waals surface area contributed by atoms with E-state index in [-0.39, 0.29) is 6.85 Å². The number of rotatable bonds is 5. The first-order valence-corrected chi connectivity index (χ1v) is 24.8. The number of aryl methyl sites for hydroxylation is 4. The highest BCUT2D eigenvalue weighted by atomic mass is 15.0. The van der Waals surface area contributed by atoms with Gasteiger partial charge in [-0.05, 0) is 200 Å². The first-order valence-electron chi connectivity index (χ1n) is 24.8. The summed E-state index contributed by atoms with van der Waals surface area (Å²) in [6, 6.07) is 73.8. The predicted molar refractivity (Wildman–Crippen MR) is 299 cm³/mol. The van der Waals surface area contributed by atoms with E-state index in [1.165, 1.54) is 166 Å². The first-order chi connectivity index (χ1) is 34.3. The Balaban J connectivity index is 1.14. The molecule has 2 aliphatic heterocycles. The average molecular weight is 891 g/mol. The second-order valence-electron chi connectivity index (χ2n) is 20.2. The van der Waals surface area contributed by atoms with Crippen molar-refractivity contribution < 1.29 is 0 Å². The maximum absolute atomic E-state index is 2.75. The van der Waals surface area contributed by atoms with Crippen LogP contribution in [0.2, 0.25) is 0 Å². The standard InChI is InChI=1S/C67H47BN2/c1-38-15-12-16-39(2)60(38)47-28-30-57-53(34-47)54-35-51(61-40(3)17-13-18-41(61)4)36-55-62-42(5)52(50-32-48(43-19-8-6-9-20-43)31-49(33-50)44-21-10-7-11-22-44)37-59-65(62)68(70(57)66(54)55)56-29-27-46-26-25-45-23-14-24-58-63(45)64(46)67(56)69(58)59/h6-37H,1-5H3. The Kier molecular flexibility index (Phi) is 8.10. The SMILES string of the molecule is Cc1cccc(C)c1-c1ccc2c(c1)c1cc(-c3c(C)cccc3C)cc3c1n2B1c2c(cc(-c4cc(-c5ccccc5)cc(-c5ccccc5)c4)c(C)c2-3)-n2c3cccc4ccc5ccc1c2c5c43. The van der Waals surface area contributed by atoms with Crippen molar-refractivity contribution in [2.75, 3.05) is 0 Å². The molecule has 0 atom stereocenters. The van der Waals surface area contributed by atoms with E-state index in [4.69, 9.17) is 0 Å². The van der Waals surface area contributed by atoms with E-state index in [0.29, 0.717) is 0 Å². The van der Waals surface area contributed by atoms with Crippen LogP contribution in [0.1, 0.15) is 27.8 Å². The summed E-state index contributed by atoms with van der Waals surface area (Å²) >= 11 is 0. The average Bonchev–Trinajstić information content (AvgIpc) is 3.91. The van der Waals surface area contributed by atoms with Crippen LogP contribution in [-0.4, -0.2) is 15.9 Å². The van der Waals surface area contributed by atoms with Crippen LogP contribution in [0.25, 0.3) is 127 Å². The molecule has 4 heterocycles. The van der Waals surface area contributed by atoms with Gasteiger partial charge in [0.15, 0.2) is 0 Å². The summed E-state index contributed by atoms with van der Waals surface area (Å²) < 4.78 is 5.40. The number of fused-ring (bicyclic) bond motifs is 8. The summed E-state index contributed by atoms with van der Waals surface area (Å²) in [7, 11) is 0. The molecule has 0 aliphatic carbocycles. The Bertz CT molecular complexity index is 4300. The fraction of sp³-hybridized carbons (Fsp3) is 0.0746. The van der Waals surface area contributed by atoms with Gasteiger partial charge in [-0.1, -0.05) is 140 Å². The van der Waals surface area contributed by atoms with Gasteiger partial charge >= 0.3 is 6.85 Å². The summed E-state index contributed by atoms with van der Waals surface area (Å²) in [4.78, 5) is 0. The van der Waals surface area contributed by atoms with Crippen molar-refractivity contribution in [1.29, 1.82) is 0 Å². The van der Waals surface area contributed by atoms with Gasteiger partial charge in [0.05, 0.1) is 11.0 Å². The molecule has 0 saturated heterocycles. The first kappa shape index (κ1) is 39.6. The Hall–Kier alpha value is -8.40. The molecule has 0 amide bonds. The minimum absolute atomic E-state index is 0.0573. The highest BCUT2D eigenvalue weighted by Gasteiger charge is 2.43. The summed E-state index contributed by atoms with van der Waals surface area (Å²) in [5.41, 5.74) is 30.8. The highest BCUT2D eigenvalue weighted by molar-refractivity contribution is 6.90. The summed E-state index contributed by atoms with van der Waals surface area (Å²) in [5, 5.41) is 7.88. The van der Waals surface area contributed by atoms with Crippen LogP contribution in [0.15, 0.2) is 194 Å². The molecule has 70 heavy (non-hydrogen) atoms. The van der Waals surface area contributed by atoms with E-state index in [9.17, 15) is 0 Å². The Morgan fingerprint density at radius 3 is 1.61 bits per heavy atom. The van der Waals surface area contributed by atoms with Crippen molar-refractivity contribution in [1.82, 2.24) is 9.05 Å². The van der Waals surface area contributed by atoms with Crippen molar-refractivity contribution in [2.24, 2.45) is 0 Å². The lowest BCUT2D eigenvalue weighted by molar-refractivity contribution is 1.17. The zero-order valence-corrected chi connectivity index (χ0v) is 39.9. The lowest BCUT2D eigenvalue weighted by Gasteiger charge is -2.36. The molecule has 13 aromatic rings. The molecule has 2 aromatic heterocycles. The molecule has 328 valence electrons. The molecule has 0 fully saturated rings. The third-order valence-corrected chi connectivity index (χ3v) is 16.3. The van der Waals surface area contributed by atoms with Gasteiger partial charge in [-0.3, -0.25) is 0 Å². The van der Waals surface area contributed by atoms with Crippen molar-refractivity contribution in [3.8, 4) is 72.4 Å². The van der Waals surface area contributed by atoms with Crippen LogP contribution in [0.4, 0.5) is 0 Å². The van der Waals surface area contributed by atoms with Crippen molar-refractivity contribution in [2.45, 2.75) is 34.6 Å². The van der Waals surface area contributed by atoms with Gasteiger partial charge in [0.25, 0.3) is 0 Å². The zero-order chi connectivity index (χ0) is 46.7. The second-order valence-corrected chi connectivity index (χ2v) is 20.2. The van der Waals surface area contributed by atoms with Gasteiger partial charge < -0.3 is 9.05 Å². The molecule has 0 spiro atoms. The van der Waals surface area contributed by atoms with Crippen LogP contribution < -0.4 is 10.9 Å². The van der Waals surface area contributed by atoms with Crippen molar-refractivity contribution in [3.63, 3.8) is 0 Å².